The van der Waals surface area contributed by atoms with Crippen LogP contribution in [0.2, 0.25) is 0 Å². The van der Waals surface area contributed by atoms with Gasteiger partial charge in [-0.1, -0.05) is 49.6 Å². The molecule has 1 aliphatic rings. The Morgan fingerprint density at radius 2 is 1.76 bits per heavy atom. The van der Waals surface area contributed by atoms with Crippen LogP contribution in [-0.2, 0) is 21.4 Å². The highest BCUT2D eigenvalue weighted by atomic mass is 32.2. The van der Waals surface area contributed by atoms with Gasteiger partial charge in [0.05, 0.1) is 11.9 Å². The van der Waals surface area contributed by atoms with Gasteiger partial charge in [-0.2, -0.15) is 11.8 Å². The van der Waals surface area contributed by atoms with Crippen LogP contribution in [0, 0.1) is 0 Å². The minimum Gasteiger partial charge on any atom is -0.489 e. The lowest BCUT2D eigenvalue weighted by atomic mass is 10.0. The van der Waals surface area contributed by atoms with Gasteiger partial charge in [0, 0.05) is 11.8 Å². The Morgan fingerprint density at radius 1 is 1.06 bits per heavy atom. The highest BCUT2D eigenvalue weighted by Gasteiger charge is 2.21. The van der Waals surface area contributed by atoms with Gasteiger partial charge in [-0.25, -0.2) is 8.42 Å². The van der Waals surface area contributed by atoms with E-state index in [-0.39, 0.29) is 12.5 Å². The zero-order valence-corrected chi connectivity index (χ0v) is 20.9. The summed E-state index contributed by atoms with van der Waals surface area (Å²) in [5, 5.41) is 3.62. The second-order valence-electron chi connectivity index (χ2n) is 8.37. The molecule has 2 aromatic rings. The van der Waals surface area contributed by atoms with Gasteiger partial charge in [-0.15, -0.1) is 0 Å². The molecule has 0 heterocycles. The second-order valence-corrected chi connectivity index (χ2v) is 11.7. The van der Waals surface area contributed by atoms with E-state index < -0.39 is 10.0 Å². The predicted octanol–water partition coefficient (Wildman–Crippen LogP) is 4.60. The van der Waals surface area contributed by atoms with E-state index in [1.54, 1.807) is 24.3 Å². The van der Waals surface area contributed by atoms with Gasteiger partial charge < -0.3 is 10.1 Å². The molecule has 0 radical (unpaired) electrons. The number of carbonyl (C=O) groups is 1. The molecular weight excluding hydrogens is 456 g/mol. The Morgan fingerprint density at radius 3 is 2.42 bits per heavy atom. The number of ether oxygens (including phenoxy) is 1. The van der Waals surface area contributed by atoms with Crippen molar-refractivity contribution in [1.29, 1.82) is 0 Å². The highest BCUT2D eigenvalue weighted by Crippen LogP contribution is 2.28. The lowest BCUT2D eigenvalue weighted by Gasteiger charge is -2.22. The number of thioether (sulfide) groups is 1. The molecule has 0 aromatic heterocycles. The molecule has 1 aliphatic carbocycles. The van der Waals surface area contributed by atoms with Crippen LogP contribution in [0.25, 0.3) is 0 Å². The number of amides is 1. The Labute approximate surface area is 202 Å². The molecule has 0 unspecified atom stereocenters. The maximum Gasteiger partial charge on any atom is 0.240 e. The first-order valence-electron chi connectivity index (χ1n) is 11.5. The van der Waals surface area contributed by atoms with Gasteiger partial charge in [0.15, 0.2) is 0 Å². The van der Waals surface area contributed by atoms with Crippen molar-refractivity contribution < 1.29 is 17.9 Å². The van der Waals surface area contributed by atoms with Crippen LogP contribution < -0.4 is 14.4 Å². The summed E-state index contributed by atoms with van der Waals surface area (Å²) in [6.45, 7) is 0.749. The lowest BCUT2D eigenvalue weighted by molar-refractivity contribution is -0.119. The smallest absolute Gasteiger partial charge is 0.240 e. The normalized spacial score (nSPS) is 14.6. The number of rotatable bonds is 12. The lowest BCUT2D eigenvalue weighted by Crippen LogP contribution is -2.40. The summed E-state index contributed by atoms with van der Waals surface area (Å²) in [7, 11) is -3.60. The maximum absolute atomic E-state index is 12.4. The first-order chi connectivity index (χ1) is 15.9. The van der Waals surface area contributed by atoms with Crippen molar-refractivity contribution in [3.63, 3.8) is 0 Å². The first kappa shape index (κ1) is 25.4. The van der Waals surface area contributed by atoms with Crippen molar-refractivity contribution in [2.24, 2.45) is 0 Å². The number of hydrogen-bond donors (Lipinski definition) is 1. The number of anilines is 1. The molecule has 1 fully saturated rings. The molecule has 6 nitrogen and oxygen atoms in total. The summed E-state index contributed by atoms with van der Waals surface area (Å²) in [5.41, 5.74) is 1.49. The molecule has 180 valence electrons. The zero-order chi connectivity index (χ0) is 23.5. The summed E-state index contributed by atoms with van der Waals surface area (Å²) >= 11 is 2.00. The van der Waals surface area contributed by atoms with E-state index in [1.807, 2.05) is 42.1 Å². The van der Waals surface area contributed by atoms with Crippen LogP contribution in [0.15, 0.2) is 54.6 Å². The molecule has 0 bridgehead atoms. The van der Waals surface area contributed by atoms with Crippen LogP contribution in [0.1, 0.15) is 44.1 Å². The van der Waals surface area contributed by atoms with E-state index in [1.165, 1.54) is 32.1 Å². The number of benzene rings is 2. The monoisotopic (exact) mass is 490 g/mol. The van der Waals surface area contributed by atoms with Crippen LogP contribution in [0.3, 0.4) is 0 Å². The fourth-order valence-electron chi connectivity index (χ4n) is 3.82. The number of carbonyl (C=O) groups excluding carboxylic acids is 1. The number of sulfonamides is 1. The minimum absolute atomic E-state index is 0.237. The average Bonchev–Trinajstić information content (AvgIpc) is 2.82. The fourth-order valence-corrected chi connectivity index (χ4v) is 5.99. The van der Waals surface area contributed by atoms with E-state index in [2.05, 4.69) is 5.32 Å². The summed E-state index contributed by atoms with van der Waals surface area (Å²) in [6, 6.07) is 16.6. The second kappa shape index (κ2) is 12.9. The molecule has 0 atom stereocenters. The Bertz CT molecular complexity index is 960. The highest BCUT2D eigenvalue weighted by molar-refractivity contribution is 7.99. The minimum atomic E-state index is -3.60. The topological polar surface area (TPSA) is 75.7 Å². The van der Waals surface area contributed by atoms with Crippen LogP contribution >= 0.6 is 11.8 Å². The summed E-state index contributed by atoms with van der Waals surface area (Å²) in [6.07, 6.45) is 8.62. The van der Waals surface area contributed by atoms with Crippen molar-refractivity contribution in [2.45, 2.75) is 50.4 Å². The zero-order valence-electron chi connectivity index (χ0n) is 19.2. The Kier molecular flexibility index (Phi) is 9.94. The van der Waals surface area contributed by atoms with Crippen molar-refractivity contribution >= 4 is 33.4 Å². The first-order valence-corrected chi connectivity index (χ1v) is 14.4. The summed E-state index contributed by atoms with van der Waals surface area (Å²) < 4.78 is 31.5. The number of nitrogens with one attached hydrogen (secondary N) is 1. The molecular formula is C25H34N2O4S2. The van der Waals surface area contributed by atoms with Crippen LogP contribution in [0.4, 0.5) is 5.69 Å². The Hall–Kier alpha value is -2.19. The molecule has 0 spiro atoms. The summed E-state index contributed by atoms with van der Waals surface area (Å²) in [5.74, 6) is 1.36. The van der Waals surface area contributed by atoms with Gasteiger partial charge in [0.1, 0.15) is 18.9 Å². The van der Waals surface area contributed by atoms with Gasteiger partial charge in [-0.3, -0.25) is 9.10 Å². The third-order valence-electron chi connectivity index (χ3n) is 5.61. The molecule has 0 saturated heterocycles. The molecule has 3 rings (SSSR count). The van der Waals surface area contributed by atoms with Crippen molar-refractivity contribution in [2.75, 3.05) is 29.4 Å². The van der Waals surface area contributed by atoms with E-state index in [0.29, 0.717) is 24.6 Å². The molecule has 1 N–H and O–H groups in total. The largest absolute Gasteiger partial charge is 0.489 e. The van der Waals surface area contributed by atoms with Gasteiger partial charge in [-0.05, 0) is 54.8 Å². The van der Waals surface area contributed by atoms with Gasteiger partial charge >= 0.3 is 0 Å². The average molecular weight is 491 g/mol. The Balaban J connectivity index is 1.46. The molecule has 1 saturated carbocycles. The standard InChI is InChI=1S/C25H34N2O4S2/c1-33(29,30)27(19-25(28)26-17-8-18-32-24-11-6-3-7-12-24)22-13-15-23(16-14-22)31-20-21-9-4-2-5-10-21/h2,4-5,9-10,13-16,24H,3,6-8,11-12,17-20H2,1H3,(H,26,28). The maximum atomic E-state index is 12.4. The number of hydrogen-bond acceptors (Lipinski definition) is 5. The molecule has 2 aromatic carbocycles. The van der Waals surface area contributed by atoms with E-state index in [4.69, 9.17) is 4.74 Å². The van der Waals surface area contributed by atoms with Crippen molar-refractivity contribution in [1.82, 2.24) is 5.32 Å². The molecule has 1 amide bonds. The van der Waals surface area contributed by atoms with Crippen LogP contribution in [0.5, 0.6) is 5.75 Å². The molecule has 33 heavy (non-hydrogen) atoms. The third kappa shape index (κ3) is 8.93. The van der Waals surface area contributed by atoms with Gasteiger partial charge in [0.2, 0.25) is 15.9 Å². The van der Waals surface area contributed by atoms with E-state index >= 15 is 0 Å². The van der Waals surface area contributed by atoms with Gasteiger partial charge in [0.25, 0.3) is 0 Å². The van der Waals surface area contributed by atoms with E-state index in [9.17, 15) is 13.2 Å². The quantitative estimate of drug-likeness (QED) is 0.440. The SMILES string of the molecule is CS(=O)(=O)N(CC(=O)NCCCSC1CCCCC1)c1ccc(OCc2ccccc2)cc1. The fraction of sp³-hybridized carbons (Fsp3) is 0.480. The van der Waals surface area contributed by atoms with Crippen molar-refractivity contribution in [3.05, 3.63) is 60.2 Å². The third-order valence-corrected chi connectivity index (χ3v) is 8.22. The number of nitrogens with zero attached hydrogens (tertiary/aromatic N) is 1. The van der Waals surface area contributed by atoms with Crippen molar-refractivity contribution in [3.8, 4) is 5.75 Å². The predicted molar refractivity (Wildman–Crippen MR) is 136 cm³/mol. The summed E-state index contributed by atoms with van der Waals surface area (Å²) in [4.78, 5) is 12.4. The van der Waals surface area contributed by atoms with Crippen LogP contribution in [-0.4, -0.2) is 44.7 Å². The van der Waals surface area contributed by atoms with E-state index in [0.717, 1.165) is 33.5 Å². The molecule has 0 aliphatic heterocycles. The molecule has 8 heteroatoms.